The van der Waals surface area contributed by atoms with Crippen molar-refractivity contribution < 1.29 is 92.8 Å². The Hall–Kier alpha value is -10.5. The summed E-state index contributed by atoms with van der Waals surface area (Å²) in [5.74, 6) is 4.13. The Morgan fingerprint density at radius 2 is 0.518 bits per heavy atom. The molecule has 0 saturated heterocycles. The van der Waals surface area contributed by atoms with Gasteiger partial charge in [-0.1, -0.05) is 241 Å². The van der Waals surface area contributed by atoms with E-state index in [1.807, 2.05) is 223 Å². The minimum atomic E-state index is -0.552. The Morgan fingerprint density at radius 1 is 0.295 bits per heavy atom. The van der Waals surface area contributed by atoms with E-state index in [9.17, 15) is 64.4 Å². The number of rotatable bonds is 25. The first-order valence-electron chi connectivity index (χ1n) is 43.0. The van der Waals surface area contributed by atoms with Crippen LogP contribution >= 0.6 is 121 Å². The molecule has 34 heteroatoms. The molecule has 0 atom stereocenters. The molecule has 6 amide bonds. The number of carbonyl (C=O) groups is 6. The van der Waals surface area contributed by atoms with E-state index >= 15 is 0 Å². The van der Waals surface area contributed by atoms with Crippen molar-refractivity contribution in [3.63, 3.8) is 0 Å². The molecule has 0 fully saturated rings. The van der Waals surface area contributed by atoms with Crippen molar-refractivity contribution in [3.8, 4) is 34.5 Å². The zero-order chi connectivity index (χ0) is 103. The zero-order valence-electron chi connectivity index (χ0n) is 81.0. The zero-order valence-corrected chi connectivity index (χ0v) is 90.4. The highest BCUT2D eigenvalue weighted by molar-refractivity contribution is 14.1. The lowest BCUT2D eigenvalue weighted by Gasteiger charge is -2.19. The number of hydrogen-bond acceptors (Lipinski definition) is 24. The summed E-state index contributed by atoms with van der Waals surface area (Å²) in [5.41, 5.74) is 21.7. The largest absolute Gasteiger partial charge is 0.489 e. The Bertz CT molecular complexity index is 5540. The first-order valence-corrected chi connectivity index (χ1v) is 52.6. The predicted molar refractivity (Wildman–Crippen MR) is 579 cm³/mol. The van der Waals surface area contributed by atoms with Gasteiger partial charge >= 0.3 is 31.4 Å². The predicted octanol–water partition coefficient (Wildman–Crippen LogP) is 30.4. The molecule has 0 aliphatic carbocycles. The maximum absolute atomic E-state index is 13.5. The molecule has 12 aromatic rings. The molecule has 0 aromatic heterocycles. The fraction of sp³-hybridized carbons (Fsp3) is 0.257. The summed E-state index contributed by atoms with van der Waals surface area (Å²) in [6, 6.07) is 66.1. The van der Waals surface area contributed by atoms with Crippen LogP contribution in [0.1, 0.15) is 118 Å². The van der Waals surface area contributed by atoms with Crippen molar-refractivity contribution in [3.05, 3.63) is 349 Å². The third-order valence-electron chi connectivity index (χ3n) is 20.7. The summed E-state index contributed by atoms with van der Waals surface area (Å²) in [6.07, 6.45) is 10.6. The van der Waals surface area contributed by atoms with Crippen LogP contribution in [0.25, 0.3) is 0 Å². The van der Waals surface area contributed by atoms with E-state index in [2.05, 4.69) is 63.6 Å². The van der Waals surface area contributed by atoms with Crippen LogP contribution in [0.4, 0.5) is 67.3 Å². The van der Waals surface area contributed by atoms with E-state index in [0.717, 1.165) is 186 Å². The molecule has 12 aromatic carbocycles. The minimum absolute atomic E-state index is 0.0374. The molecule has 0 bridgehead atoms. The van der Waals surface area contributed by atoms with Crippen LogP contribution < -0.4 is 58.8 Å². The van der Waals surface area contributed by atoms with Gasteiger partial charge in [0.1, 0.15) is 80.0 Å². The average Bonchev–Trinajstić information content (AvgIpc) is 0.851. The van der Waals surface area contributed by atoms with Crippen LogP contribution in [-0.4, -0.2) is 100 Å². The summed E-state index contributed by atoms with van der Waals surface area (Å²) in [5, 5.41) is 61.8. The number of halogens is 4. The Balaban J connectivity index is 0.000000227. The fourth-order valence-electron chi connectivity index (χ4n) is 13.5. The van der Waals surface area contributed by atoms with Crippen molar-refractivity contribution in [2.24, 2.45) is 0 Å². The van der Waals surface area contributed by atoms with E-state index in [4.69, 9.17) is 40.0 Å². The average molecular weight is 2200 g/mol. The van der Waals surface area contributed by atoms with Gasteiger partial charge in [-0.2, -0.15) is 30.4 Å². The molecule has 0 aliphatic heterocycles. The monoisotopic (exact) mass is 2200 g/mol. The molecule has 24 nitrogen and oxygen atoms in total. The summed E-state index contributed by atoms with van der Waals surface area (Å²) >= 11 is 17.2. The van der Waals surface area contributed by atoms with Crippen LogP contribution in [0.2, 0.25) is 5.02 Å². The molecule has 0 heterocycles. The van der Waals surface area contributed by atoms with Gasteiger partial charge in [0, 0.05) is 46.4 Å². The molecule has 0 radical (unpaired) electrons. The third kappa shape index (κ3) is 35.6. The fourth-order valence-corrected chi connectivity index (χ4v) is 16.3. The number of nitrogens with zero attached hydrogens (tertiary/aromatic N) is 6. The summed E-state index contributed by atoms with van der Waals surface area (Å²) in [6.45, 7) is 29.3. The highest BCUT2D eigenvalue weighted by Crippen LogP contribution is 2.36. The lowest BCUT2D eigenvalue weighted by molar-refractivity contribution is 0.223. The van der Waals surface area contributed by atoms with Crippen molar-refractivity contribution in [1.29, 1.82) is 0 Å². The molecular formula is C105H116BrClFIN6O18S6. The minimum Gasteiger partial charge on any atom is -0.489 e. The van der Waals surface area contributed by atoms with Crippen LogP contribution in [0.3, 0.4) is 0 Å². The Kier molecular flexibility index (Phi) is 47.8. The second-order valence-corrected chi connectivity index (χ2v) is 38.7. The number of benzene rings is 12. The highest BCUT2D eigenvalue weighted by Gasteiger charge is 2.25. The second kappa shape index (κ2) is 57.5. The molecule has 139 heavy (non-hydrogen) atoms. The number of ether oxygens (including phenoxy) is 6. The van der Waals surface area contributed by atoms with Gasteiger partial charge < -0.3 is 28.4 Å². The first kappa shape index (κ1) is 116. The molecular weight excluding hydrogens is 2090 g/mol. The number of amides is 6. The van der Waals surface area contributed by atoms with Gasteiger partial charge in [-0.3, -0.25) is 60.0 Å². The molecule has 12 rings (SSSR count). The number of aryl methyl sites for hydroxylation is 14. The van der Waals surface area contributed by atoms with E-state index in [1.165, 1.54) is 40.5 Å². The van der Waals surface area contributed by atoms with Gasteiger partial charge in [0.25, 0.3) is 0 Å². The molecule has 738 valence electrons. The standard InChI is InChI=1S/C19H23NO3S.C18H21NO3S.C17H18BrNO3S.C17H18ClNO3S.C17H18FNO3S.C17H18INO3S/c1-5-15-7-8-17(20(22)19(21)24-4)16(11-15)12-23-18-9-6-13(2)10-14(18)3;1-12-6-8-17(14(3)9-12)22-11-15-10-13(2)5-7-16(15)19(21)18(20)23-4;4*1-11-4-7-16(12(2)8-11)22-10-13-9-14(18)5-6-15(13)19(21)17(20)23-3/h6-11,22H,5,12H2,1-4H3;5-10,21H,11H2,1-4H3;4*4-9,21H,10H2,1-3H3. The quantitative estimate of drug-likeness (QED) is 0.0176. The van der Waals surface area contributed by atoms with E-state index in [-0.39, 0.29) is 45.3 Å². The lowest BCUT2D eigenvalue weighted by Crippen LogP contribution is -2.24. The van der Waals surface area contributed by atoms with E-state index < -0.39 is 37.3 Å². The van der Waals surface area contributed by atoms with Crippen molar-refractivity contribution in [2.75, 3.05) is 67.9 Å². The summed E-state index contributed by atoms with van der Waals surface area (Å²) in [7, 11) is 0. The topological polar surface area (TPSA) is 299 Å². The molecule has 0 saturated carbocycles. The number of carbonyl (C=O) groups excluding carboxylic acids is 6. The van der Waals surface area contributed by atoms with Gasteiger partial charge in [0.2, 0.25) is 0 Å². The second-order valence-electron chi connectivity index (χ2n) is 31.6. The Morgan fingerprint density at radius 3 is 0.806 bits per heavy atom. The van der Waals surface area contributed by atoms with Gasteiger partial charge in [0.05, 0.1) is 34.1 Å². The number of hydroxylamine groups is 6. The van der Waals surface area contributed by atoms with Crippen LogP contribution in [0.15, 0.2) is 223 Å². The third-order valence-corrected chi connectivity index (χ3v) is 25.2. The van der Waals surface area contributed by atoms with Crippen LogP contribution in [0.5, 0.6) is 34.5 Å². The van der Waals surface area contributed by atoms with Crippen molar-refractivity contribution in [2.45, 2.75) is 143 Å². The van der Waals surface area contributed by atoms with Gasteiger partial charge in [-0.25, -0.2) is 4.39 Å². The Labute approximate surface area is 865 Å². The van der Waals surface area contributed by atoms with Gasteiger partial charge in [0.15, 0.2) is 0 Å². The van der Waals surface area contributed by atoms with Gasteiger partial charge in [-0.15, -0.1) is 0 Å². The van der Waals surface area contributed by atoms with E-state index in [0.29, 0.717) is 86.3 Å². The molecule has 0 unspecified atom stereocenters. The molecule has 6 N–H and O–H groups in total. The van der Waals surface area contributed by atoms with Crippen molar-refractivity contribution >= 4 is 186 Å². The maximum atomic E-state index is 13.5. The lowest BCUT2D eigenvalue weighted by atomic mass is 10.1. The summed E-state index contributed by atoms with van der Waals surface area (Å²) in [4.78, 5) is 70.2. The van der Waals surface area contributed by atoms with Crippen molar-refractivity contribution in [1.82, 2.24) is 0 Å². The molecule has 0 spiro atoms. The van der Waals surface area contributed by atoms with Crippen LogP contribution in [-0.2, 0) is 46.1 Å². The summed E-state index contributed by atoms with van der Waals surface area (Å²) < 4.78 is 50.4. The van der Waals surface area contributed by atoms with Crippen LogP contribution in [0, 0.1) is 99.4 Å². The highest BCUT2D eigenvalue weighted by atomic mass is 127. The maximum Gasteiger partial charge on any atom is 0.309 e. The normalized spacial score (nSPS) is 10.5. The van der Waals surface area contributed by atoms with Gasteiger partial charge in [-0.05, 0) is 317 Å². The number of anilines is 6. The SMILES string of the molecule is CCc1ccc(N(O)C(=O)SC)c(COc2ccc(C)cc2C)c1.CSC(=O)N(O)c1ccc(Br)cc1COc1ccc(C)cc1C.CSC(=O)N(O)c1ccc(C)cc1COc1ccc(C)cc1C.CSC(=O)N(O)c1ccc(Cl)cc1COc1ccc(C)cc1C.CSC(=O)N(O)c1ccc(F)cc1COc1ccc(C)cc1C.CSC(=O)N(O)c1ccc(I)cc1COc1ccc(C)cc1C. The number of thioether (sulfide) groups is 6. The molecule has 0 aliphatic rings. The van der Waals surface area contributed by atoms with E-state index in [1.54, 1.807) is 86.1 Å². The number of hydrogen-bond donors (Lipinski definition) is 6. The first-order chi connectivity index (χ1) is 66.0. The smallest absolute Gasteiger partial charge is 0.309 e.